The van der Waals surface area contributed by atoms with Crippen LogP contribution in [0, 0.1) is 0 Å². The number of carboxylic acids is 1. The Balaban J connectivity index is 2.62. The predicted octanol–water partition coefficient (Wildman–Crippen LogP) is 1.10. The summed E-state index contributed by atoms with van der Waals surface area (Å²) in [5.74, 6) is -1.56. The Hall–Kier alpha value is -0.640. The van der Waals surface area contributed by atoms with Gasteiger partial charge in [-0.15, -0.1) is 0 Å². The maximum atomic E-state index is 12.9. The Morgan fingerprint density at radius 2 is 1.83 bits per heavy atom. The third-order valence-corrected chi connectivity index (χ3v) is 2.41. The van der Waals surface area contributed by atoms with E-state index in [-0.39, 0.29) is 12.8 Å². The molecule has 0 saturated heterocycles. The molecule has 70 valence electrons. The maximum Gasteiger partial charge on any atom is 0.341 e. The van der Waals surface area contributed by atoms with E-state index < -0.39 is 17.7 Å². The van der Waals surface area contributed by atoms with E-state index in [1.807, 2.05) is 0 Å². The van der Waals surface area contributed by atoms with E-state index in [9.17, 15) is 14.3 Å². The van der Waals surface area contributed by atoms with Crippen LogP contribution in [-0.2, 0) is 4.79 Å². The van der Waals surface area contributed by atoms with Crippen LogP contribution < -0.4 is 0 Å². The first-order valence-corrected chi connectivity index (χ1v) is 4.15. The standard InChI is InChI=1S/C8H13FO3/c9-6(7(10)11)8(12)4-2-1-3-5-8/h6,12H,1-5H2,(H,10,11). The summed E-state index contributed by atoms with van der Waals surface area (Å²) in [6.07, 6.45) is 0.780. The van der Waals surface area contributed by atoms with Crippen molar-refractivity contribution in [3.63, 3.8) is 0 Å². The lowest BCUT2D eigenvalue weighted by Crippen LogP contribution is -2.45. The summed E-state index contributed by atoms with van der Waals surface area (Å²) in [5.41, 5.74) is -1.61. The molecule has 0 amide bonds. The first-order valence-electron chi connectivity index (χ1n) is 4.15. The molecule has 1 rings (SSSR count). The number of halogens is 1. The first-order chi connectivity index (χ1) is 5.56. The van der Waals surface area contributed by atoms with Crippen LogP contribution in [0.2, 0.25) is 0 Å². The van der Waals surface area contributed by atoms with Crippen LogP contribution in [-0.4, -0.2) is 28.0 Å². The van der Waals surface area contributed by atoms with Gasteiger partial charge in [-0.3, -0.25) is 0 Å². The summed E-state index contributed by atoms with van der Waals surface area (Å²) >= 11 is 0. The fraction of sp³-hybridized carbons (Fsp3) is 0.875. The molecule has 1 aliphatic rings. The smallest absolute Gasteiger partial charge is 0.341 e. The first kappa shape index (κ1) is 9.45. The van der Waals surface area contributed by atoms with E-state index in [2.05, 4.69) is 0 Å². The van der Waals surface area contributed by atoms with Gasteiger partial charge in [0.15, 0.2) is 0 Å². The lowest BCUT2D eigenvalue weighted by molar-refractivity contribution is -0.157. The summed E-state index contributed by atoms with van der Waals surface area (Å²) in [5, 5.41) is 17.9. The summed E-state index contributed by atoms with van der Waals surface area (Å²) in [4.78, 5) is 10.3. The minimum Gasteiger partial charge on any atom is -0.479 e. The number of alkyl halides is 1. The van der Waals surface area contributed by atoms with Gasteiger partial charge in [-0.1, -0.05) is 19.3 Å². The maximum absolute atomic E-state index is 12.9. The minimum absolute atomic E-state index is 0.264. The fourth-order valence-corrected chi connectivity index (χ4v) is 1.65. The van der Waals surface area contributed by atoms with Crippen LogP contribution in [0.5, 0.6) is 0 Å². The highest BCUT2D eigenvalue weighted by molar-refractivity contribution is 5.73. The van der Waals surface area contributed by atoms with Gasteiger partial charge in [0.1, 0.15) is 5.60 Å². The summed E-state index contributed by atoms with van der Waals surface area (Å²) in [7, 11) is 0. The zero-order valence-electron chi connectivity index (χ0n) is 6.79. The van der Waals surface area contributed by atoms with Crippen LogP contribution in [0.3, 0.4) is 0 Å². The molecule has 1 saturated carbocycles. The molecule has 0 bridgehead atoms. The number of carboxylic acid groups (broad SMARTS) is 1. The Morgan fingerprint density at radius 1 is 1.33 bits per heavy atom. The van der Waals surface area contributed by atoms with Crippen molar-refractivity contribution in [2.24, 2.45) is 0 Å². The molecule has 1 fully saturated rings. The number of hydrogen-bond acceptors (Lipinski definition) is 2. The number of aliphatic carboxylic acids is 1. The molecule has 1 unspecified atom stereocenters. The van der Waals surface area contributed by atoms with Gasteiger partial charge in [0, 0.05) is 0 Å². The highest BCUT2D eigenvalue weighted by Gasteiger charge is 2.42. The van der Waals surface area contributed by atoms with E-state index in [1.54, 1.807) is 0 Å². The van der Waals surface area contributed by atoms with Gasteiger partial charge >= 0.3 is 5.97 Å². The van der Waals surface area contributed by atoms with Crippen molar-refractivity contribution >= 4 is 5.97 Å². The molecule has 2 N–H and O–H groups in total. The van der Waals surface area contributed by atoms with Crippen molar-refractivity contribution in [1.82, 2.24) is 0 Å². The molecule has 1 atom stereocenters. The highest BCUT2D eigenvalue weighted by atomic mass is 19.1. The van der Waals surface area contributed by atoms with Gasteiger partial charge in [0.25, 0.3) is 0 Å². The quantitative estimate of drug-likeness (QED) is 0.662. The molecule has 0 aromatic rings. The van der Waals surface area contributed by atoms with Crippen molar-refractivity contribution in [1.29, 1.82) is 0 Å². The topological polar surface area (TPSA) is 57.5 Å². The molecule has 0 spiro atoms. The fourth-order valence-electron chi connectivity index (χ4n) is 1.65. The minimum atomic E-state index is -2.13. The van der Waals surface area contributed by atoms with E-state index in [1.165, 1.54) is 0 Å². The monoisotopic (exact) mass is 176 g/mol. The average molecular weight is 176 g/mol. The van der Waals surface area contributed by atoms with Crippen LogP contribution in [0.15, 0.2) is 0 Å². The van der Waals surface area contributed by atoms with E-state index >= 15 is 0 Å². The molecular formula is C8H13FO3. The van der Waals surface area contributed by atoms with Gasteiger partial charge in [-0.05, 0) is 12.8 Å². The Labute approximate surface area is 70.2 Å². The van der Waals surface area contributed by atoms with Crippen molar-refractivity contribution in [2.75, 3.05) is 0 Å². The number of carbonyl (C=O) groups is 1. The summed E-state index contributed by atoms with van der Waals surface area (Å²) in [6.45, 7) is 0. The van der Waals surface area contributed by atoms with E-state index in [0.29, 0.717) is 12.8 Å². The summed E-state index contributed by atoms with van der Waals surface area (Å²) in [6, 6.07) is 0. The molecule has 0 heterocycles. The molecule has 0 aromatic carbocycles. The third kappa shape index (κ3) is 1.75. The van der Waals surface area contributed by atoms with Gasteiger partial charge in [0.05, 0.1) is 0 Å². The summed E-state index contributed by atoms with van der Waals surface area (Å²) < 4.78 is 12.9. The van der Waals surface area contributed by atoms with Gasteiger partial charge in [0.2, 0.25) is 6.17 Å². The second-order valence-electron chi connectivity index (χ2n) is 3.37. The van der Waals surface area contributed by atoms with E-state index in [0.717, 1.165) is 6.42 Å². The molecule has 0 aromatic heterocycles. The molecule has 12 heavy (non-hydrogen) atoms. The van der Waals surface area contributed by atoms with Crippen LogP contribution >= 0.6 is 0 Å². The number of hydrogen-bond donors (Lipinski definition) is 2. The number of rotatable bonds is 2. The average Bonchev–Trinajstić information content (AvgIpc) is 2.04. The van der Waals surface area contributed by atoms with Gasteiger partial charge in [-0.2, -0.15) is 0 Å². The van der Waals surface area contributed by atoms with Crippen LogP contribution in [0.25, 0.3) is 0 Å². The lowest BCUT2D eigenvalue weighted by Gasteiger charge is -2.32. The van der Waals surface area contributed by atoms with Crippen molar-refractivity contribution in [2.45, 2.75) is 43.9 Å². The normalized spacial score (nSPS) is 24.8. The zero-order chi connectivity index (χ0) is 9.19. The van der Waals surface area contributed by atoms with Crippen LogP contribution in [0.1, 0.15) is 32.1 Å². The highest BCUT2D eigenvalue weighted by Crippen LogP contribution is 2.32. The van der Waals surface area contributed by atoms with Gasteiger partial charge < -0.3 is 10.2 Å². The molecule has 3 nitrogen and oxygen atoms in total. The Morgan fingerprint density at radius 3 is 2.25 bits per heavy atom. The molecule has 0 radical (unpaired) electrons. The second-order valence-corrected chi connectivity index (χ2v) is 3.37. The Kier molecular flexibility index (Phi) is 2.67. The third-order valence-electron chi connectivity index (χ3n) is 2.41. The molecule has 1 aliphatic carbocycles. The van der Waals surface area contributed by atoms with E-state index in [4.69, 9.17) is 5.11 Å². The van der Waals surface area contributed by atoms with Crippen molar-refractivity contribution in [3.8, 4) is 0 Å². The Bertz CT molecular complexity index is 175. The predicted molar refractivity (Wildman–Crippen MR) is 40.6 cm³/mol. The largest absolute Gasteiger partial charge is 0.479 e. The zero-order valence-corrected chi connectivity index (χ0v) is 6.79. The SMILES string of the molecule is O=C(O)C(F)C1(O)CCCCC1. The molecule has 4 heteroatoms. The van der Waals surface area contributed by atoms with Crippen LogP contribution in [0.4, 0.5) is 4.39 Å². The van der Waals surface area contributed by atoms with Gasteiger partial charge in [-0.25, -0.2) is 9.18 Å². The number of aliphatic hydroxyl groups is 1. The molecule has 0 aliphatic heterocycles. The second kappa shape index (κ2) is 3.39. The van der Waals surface area contributed by atoms with Crippen molar-refractivity contribution < 1.29 is 19.4 Å². The van der Waals surface area contributed by atoms with Crippen molar-refractivity contribution in [3.05, 3.63) is 0 Å². The molecular weight excluding hydrogens is 163 g/mol. The lowest BCUT2D eigenvalue weighted by atomic mass is 9.81.